The van der Waals surface area contributed by atoms with Gasteiger partial charge >= 0.3 is 5.97 Å². The molecule has 1 N–H and O–H groups in total. The lowest BCUT2D eigenvalue weighted by atomic mass is 9.97. The fraction of sp³-hybridized carbons (Fsp3) is 0.105. The summed E-state index contributed by atoms with van der Waals surface area (Å²) < 4.78 is 0. The Kier molecular flexibility index (Phi) is 4.15. The normalized spacial score (nSPS) is 13.0. The first-order valence-corrected chi connectivity index (χ1v) is 7.31. The predicted molar refractivity (Wildman–Crippen MR) is 88.2 cm³/mol. The molecule has 4 nitrogen and oxygen atoms in total. The molecule has 0 radical (unpaired) electrons. The molecule has 0 saturated heterocycles. The van der Waals surface area contributed by atoms with Crippen LogP contribution in [0.3, 0.4) is 0 Å². The third kappa shape index (κ3) is 3.26. The monoisotopic (exact) mass is 305 g/mol. The van der Waals surface area contributed by atoms with Gasteiger partial charge in [-0.25, -0.2) is 4.79 Å². The molecule has 1 aliphatic rings. The molecule has 2 aromatic rings. The second-order valence-electron chi connectivity index (χ2n) is 5.31. The van der Waals surface area contributed by atoms with Crippen LogP contribution in [0, 0.1) is 0 Å². The van der Waals surface area contributed by atoms with E-state index in [2.05, 4.69) is 4.99 Å². The van der Waals surface area contributed by atoms with E-state index >= 15 is 0 Å². The number of hydrogen-bond acceptors (Lipinski definition) is 3. The van der Waals surface area contributed by atoms with Gasteiger partial charge in [0.15, 0.2) is 5.78 Å². The van der Waals surface area contributed by atoms with Crippen LogP contribution in [-0.2, 0) is 6.42 Å². The van der Waals surface area contributed by atoms with Gasteiger partial charge in [-0.2, -0.15) is 0 Å². The lowest BCUT2D eigenvalue weighted by Gasteiger charge is -2.06. The number of nitrogens with zero attached hydrogens (tertiary/aromatic N) is 1. The molecule has 0 spiro atoms. The molecule has 0 unspecified atom stereocenters. The van der Waals surface area contributed by atoms with Crippen LogP contribution in [0.25, 0.3) is 0 Å². The predicted octanol–water partition coefficient (Wildman–Crippen LogP) is 3.52. The topological polar surface area (TPSA) is 66.7 Å². The summed E-state index contributed by atoms with van der Waals surface area (Å²) in [7, 11) is 0. The molecular weight excluding hydrogens is 290 g/mol. The molecule has 0 fully saturated rings. The first kappa shape index (κ1) is 14.9. The van der Waals surface area contributed by atoms with Gasteiger partial charge in [0.2, 0.25) is 0 Å². The Hall–Kier alpha value is -3.01. The van der Waals surface area contributed by atoms with Crippen molar-refractivity contribution in [1.82, 2.24) is 0 Å². The van der Waals surface area contributed by atoms with Gasteiger partial charge in [-0.3, -0.25) is 9.79 Å². The number of hydrogen-bond donors (Lipinski definition) is 1. The molecule has 0 bridgehead atoms. The maximum absolute atomic E-state index is 12.4. The lowest BCUT2D eigenvalue weighted by molar-refractivity contribution is 0.0692. The van der Waals surface area contributed by atoms with Gasteiger partial charge in [-0.05, 0) is 17.2 Å². The number of benzene rings is 2. The SMILES string of the molecule is O=C(O)c1ccccc1C(=O)Cc1ccc(C2=NC=CC2)cc1. The number of Topliss-reactive ketones (excluding diaryl/α,β-unsaturated/α-hetero) is 1. The Balaban J connectivity index is 1.77. The first-order chi connectivity index (χ1) is 11.1. The van der Waals surface area contributed by atoms with Crippen LogP contribution in [-0.4, -0.2) is 22.6 Å². The number of carbonyl (C=O) groups excluding carboxylic acids is 1. The van der Waals surface area contributed by atoms with Crippen LogP contribution in [0.15, 0.2) is 65.8 Å². The second kappa shape index (κ2) is 6.40. The zero-order chi connectivity index (χ0) is 16.2. The summed E-state index contributed by atoms with van der Waals surface area (Å²) in [6.45, 7) is 0. The number of carboxylic acids is 1. The third-order valence-electron chi connectivity index (χ3n) is 3.76. The van der Waals surface area contributed by atoms with Gasteiger partial charge in [0.1, 0.15) is 0 Å². The van der Waals surface area contributed by atoms with Crippen molar-refractivity contribution in [2.24, 2.45) is 4.99 Å². The van der Waals surface area contributed by atoms with E-state index in [-0.39, 0.29) is 23.3 Å². The van der Waals surface area contributed by atoms with E-state index in [4.69, 9.17) is 5.11 Å². The Morgan fingerprint density at radius 3 is 2.30 bits per heavy atom. The molecule has 0 aliphatic carbocycles. The highest BCUT2D eigenvalue weighted by Crippen LogP contribution is 2.16. The maximum Gasteiger partial charge on any atom is 0.336 e. The summed E-state index contributed by atoms with van der Waals surface area (Å²) in [6.07, 6.45) is 4.78. The Labute approximate surface area is 133 Å². The standard InChI is InChI=1S/C19H15NO3/c21-18(15-4-1-2-5-16(15)19(22)23)12-13-7-9-14(10-8-13)17-6-3-11-20-17/h1-5,7-11H,6,12H2,(H,22,23). The van der Waals surface area contributed by atoms with Crippen molar-refractivity contribution >= 4 is 17.5 Å². The molecule has 4 heteroatoms. The zero-order valence-electron chi connectivity index (χ0n) is 12.4. The first-order valence-electron chi connectivity index (χ1n) is 7.31. The van der Waals surface area contributed by atoms with Gasteiger partial charge < -0.3 is 5.11 Å². The molecule has 23 heavy (non-hydrogen) atoms. The zero-order valence-corrected chi connectivity index (χ0v) is 12.4. The highest BCUT2D eigenvalue weighted by molar-refractivity contribution is 6.06. The van der Waals surface area contributed by atoms with E-state index in [1.807, 2.05) is 30.3 Å². The van der Waals surface area contributed by atoms with Crippen molar-refractivity contribution in [2.45, 2.75) is 12.8 Å². The van der Waals surface area contributed by atoms with Gasteiger partial charge in [0.05, 0.1) is 11.3 Å². The minimum Gasteiger partial charge on any atom is -0.478 e. The quantitative estimate of drug-likeness (QED) is 0.859. The Morgan fingerprint density at radius 1 is 1.00 bits per heavy atom. The van der Waals surface area contributed by atoms with E-state index in [1.54, 1.807) is 24.4 Å². The number of aliphatic imine (C=N–C) groups is 1. The minimum absolute atomic E-state index is 0.0421. The smallest absolute Gasteiger partial charge is 0.336 e. The van der Waals surface area contributed by atoms with Crippen LogP contribution < -0.4 is 0 Å². The van der Waals surface area contributed by atoms with Crippen LogP contribution >= 0.6 is 0 Å². The molecule has 3 rings (SSSR count). The van der Waals surface area contributed by atoms with Crippen molar-refractivity contribution in [1.29, 1.82) is 0 Å². The number of aromatic carboxylic acids is 1. The molecule has 1 heterocycles. The van der Waals surface area contributed by atoms with Crippen molar-refractivity contribution in [3.05, 3.63) is 83.1 Å². The molecule has 114 valence electrons. The lowest BCUT2D eigenvalue weighted by Crippen LogP contribution is -2.10. The van der Waals surface area contributed by atoms with Gasteiger partial charge in [0.25, 0.3) is 0 Å². The number of carbonyl (C=O) groups is 2. The van der Waals surface area contributed by atoms with Gasteiger partial charge in [0, 0.05) is 24.6 Å². The summed E-state index contributed by atoms with van der Waals surface area (Å²) in [4.78, 5) is 27.9. The van der Waals surface area contributed by atoms with Crippen LogP contribution in [0.1, 0.15) is 38.3 Å². The van der Waals surface area contributed by atoms with Crippen LogP contribution in [0.4, 0.5) is 0 Å². The van der Waals surface area contributed by atoms with Crippen molar-refractivity contribution in [3.63, 3.8) is 0 Å². The molecular formula is C19H15NO3. The van der Waals surface area contributed by atoms with E-state index in [0.717, 1.165) is 23.3 Å². The third-order valence-corrected chi connectivity index (χ3v) is 3.76. The second-order valence-corrected chi connectivity index (χ2v) is 5.31. The number of rotatable bonds is 5. The van der Waals surface area contributed by atoms with Gasteiger partial charge in [-0.1, -0.05) is 48.5 Å². The summed E-state index contributed by atoms with van der Waals surface area (Å²) >= 11 is 0. The average molecular weight is 305 g/mol. The maximum atomic E-state index is 12.4. The Morgan fingerprint density at radius 2 is 1.70 bits per heavy atom. The van der Waals surface area contributed by atoms with E-state index in [9.17, 15) is 9.59 Å². The highest BCUT2D eigenvalue weighted by Gasteiger charge is 2.16. The van der Waals surface area contributed by atoms with Crippen molar-refractivity contribution in [2.75, 3.05) is 0 Å². The van der Waals surface area contributed by atoms with Gasteiger partial charge in [-0.15, -0.1) is 0 Å². The van der Waals surface area contributed by atoms with E-state index in [0.29, 0.717) is 0 Å². The number of allylic oxidation sites excluding steroid dienone is 1. The molecule has 0 saturated carbocycles. The van der Waals surface area contributed by atoms with Crippen molar-refractivity contribution in [3.8, 4) is 0 Å². The fourth-order valence-electron chi connectivity index (χ4n) is 2.56. The largest absolute Gasteiger partial charge is 0.478 e. The van der Waals surface area contributed by atoms with Crippen LogP contribution in [0.5, 0.6) is 0 Å². The summed E-state index contributed by atoms with van der Waals surface area (Å²) in [5, 5.41) is 9.17. The molecule has 0 aromatic heterocycles. The molecule has 0 amide bonds. The highest BCUT2D eigenvalue weighted by atomic mass is 16.4. The summed E-state index contributed by atoms with van der Waals surface area (Å²) in [5.74, 6) is -1.29. The minimum atomic E-state index is -1.09. The number of carboxylic acid groups (broad SMARTS) is 1. The molecule has 0 atom stereocenters. The molecule has 1 aliphatic heterocycles. The van der Waals surface area contributed by atoms with Crippen LogP contribution in [0.2, 0.25) is 0 Å². The van der Waals surface area contributed by atoms with E-state index in [1.165, 1.54) is 6.07 Å². The summed E-state index contributed by atoms with van der Waals surface area (Å²) in [5.41, 5.74) is 3.19. The fourth-order valence-corrected chi connectivity index (χ4v) is 2.56. The number of ketones is 1. The van der Waals surface area contributed by atoms with Crippen molar-refractivity contribution < 1.29 is 14.7 Å². The summed E-state index contributed by atoms with van der Waals surface area (Å²) in [6, 6.07) is 14.0. The van der Waals surface area contributed by atoms with E-state index < -0.39 is 5.97 Å². The molecule has 2 aromatic carbocycles. The average Bonchev–Trinajstić information content (AvgIpc) is 3.10. The Bertz CT molecular complexity index is 817.